The Hall–Kier alpha value is -1.64. The SMILES string of the molecule is Cc1ccc(C(O)(CN(C)C)c2ccc(C)c(C)c2)cc1C. The number of aryl methyl sites for hydroxylation is 4. The average Bonchev–Trinajstić information content (AvgIpc) is 2.43. The highest BCUT2D eigenvalue weighted by Gasteiger charge is 2.32. The molecule has 0 unspecified atom stereocenters. The smallest absolute Gasteiger partial charge is 0.127 e. The van der Waals surface area contributed by atoms with Crippen LogP contribution >= 0.6 is 0 Å². The zero-order valence-electron chi connectivity index (χ0n) is 14.6. The zero-order valence-corrected chi connectivity index (χ0v) is 14.6. The zero-order chi connectivity index (χ0) is 16.5. The first-order chi connectivity index (χ1) is 10.2. The molecule has 2 heteroatoms. The Kier molecular flexibility index (Phi) is 4.74. The maximum Gasteiger partial charge on any atom is 0.127 e. The highest BCUT2D eigenvalue weighted by molar-refractivity contribution is 5.43. The summed E-state index contributed by atoms with van der Waals surface area (Å²) in [6.07, 6.45) is 0. The Morgan fingerprint density at radius 2 is 1.18 bits per heavy atom. The van der Waals surface area contributed by atoms with Gasteiger partial charge in [0.05, 0.1) is 0 Å². The minimum absolute atomic E-state index is 0.554. The first-order valence-corrected chi connectivity index (χ1v) is 7.76. The van der Waals surface area contributed by atoms with Crippen LogP contribution in [0.5, 0.6) is 0 Å². The fraction of sp³-hybridized carbons (Fsp3) is 0.400. The number of rotatable bonds is 4. The van der Waals surface area contributed by atoms with Gasteiger partial charge in [0, 0.05) is 6.54 Å². The fourth-order valence-electron chi connectivity index (χ4n) is 2.80. The van der Waals surface area contributed by atoms with Crippen LogP contribution in [0.2, 0.25) is 0 Å². The molecule has 0 heterocycles. The Balaban J connectivity index is 2.60. The number of aliphatic hydroxyl groups is 1. The quantitative estimate of drug-likeness (QED) is 0.930. The lowest BCUT2D eigenvalue weighted by Crippen LogP contribution is -2.38. The summed E-state index contributed by atoms with van der Waals surface area (Å²) in [5.41, 5.74) is 5.81. The second-order valence-electron chi connectivity index (χ2n) is 6.70. The van der Waals surface area contributed by atoms with Crippen LogP contribution in [0.4, 0.5) is 0 Å². The lowest BCUT2D eigenvalue weighted by Gasteiger charge is -2.33. The van der Waals surface area contributed by atoms with Gasteiger partial charge < -0.3 is 10.0 Å². The van der Waals surface area contributed by atoms with Crippen molar-refractivity contribution in [1.82, 2.24) is 4.90 Å². The summed E-state index contributed by atoms with van der Waals surface area (Å²) in [6.45, 7) is 8.93. The van der Waals surface area contributed by atoms with Crippen molar-refractivity contribution in [3.05, 3.63) is 69.8 Å². The fourth-order valence-corrected chi connectivity index (χ4v) is 2.80. The van der Waals surface area contributed by atoms with E-state index in [4.69, 9.17) is 0 Å². The van der Waals surface area contributed by atoms with E-state index in [0.717, 1.165) is 11.1 Å². The third-order valence-electron chi connectivity index (χ3n) is 4.51. The maximum absolute atomic E-state index is 11.5. The van der Waals surface area contributed by atoms with E-state index in [1.165, 1.54) is 22.3 Å². The molecule has 0 fully saturated rings. The number of hydrogen-bond acceptors (Lipinski definition) is 2. The molecule has 1 N–H and O–H groups in total. The van der Waals surface area contributed by atoms with Gasteiger partial charge in [-0.2, -0.15) is 0 Å². The molecule has 2 nitrogen and oxygen atoms in total. The van der Waals surface area contributed by atoms with Crippen molar-refractivity contribution >= 4 is 0 Å². The molecule has 0 saturated carbocycles. The van der Waals surface area contributed by atoms with Gasteiger partial charge in [-0.3, -0.25) is 0 Å². The summed E-state index contributed by atoms with van der Waals surface area (Å²) >= 11 is 0. The number of likely N-dealkylation sites (N-methyl/N-ethyl adjacent to an activating group) is 1. The van der Waals surface area contributed by atoms with Crippen LogP contribution < -0.4 is 0 Å². The first kappa shape index (κ1) is 16.7. The van der Waals surface area contributed by atoms with Gasteiger partial charge >= 0.3 is 0 Å². The van der Waals surface area contributed by atoms with Crippen LogP contribution in [0.1, 0.15) is 33.4 Å². The topological polar surface area (TPSA) is 23.5 Å². The van der Waals surface area contributed by atoms with Gasteiger partial charge in [-0.05, 0) is 75.2 Å². The molecule has 0 spiro atoms. The predicted octanol–water partition coefficient (Wildman–Crippen LogP) is 3.72. The van der Waals surface area contributed by atoms with Crippen molar-refractivity contribution in [2.45, 2.75) is 33.3 Å². The van der Waals surface area contributed by atoms with E-state index in [9.17, 15) is 5.11 Å². The first-order valence-electron chi connectivity index (χ1n) is 7.76. The van der Waals surface area contributed by atoms with Crippen molar-refractivity contribution < 1.29 is 5.11 Å². The highest BCUT2D eigenvalue weighted by Crippen LogP contribution is 2.32. The minimum Gasteiger partial charge on any atom is -0.379 e. The lowest BCUT2D eigenvalue weighted by atomic mass is 9.83. The van der Waals surface area contributed by atoms with Gasteiger partial charge in [0.15, 0.2) is 0 Å². The normalized spacial score (nSPS) is 12.0. The lowest BCUT2D eigenvalue weighted by molar-refractivity contribution is 0.0512. The molecule has 0 aliphatic rings. The monoisotopic (exact) mass is 297 g/mol. The van der Waals surface area contributed by atoms with E-state index < -0.39 is 5.60 Å². The van der Waals surface area contributed by atoms with E-state index >= 15 is 0 Å². The molecule has 0 atom stereocenters. The van der Waals surface area contributed by atoms with Crippen LogP contribution in [0.15, 0.2) is 36.4 Å². The summed E-state index contributed by atoms with van der Waals surface area (Å²) < 4.78 is 0. The summed E-state index contributed by atoms with van der Waals surface area (Å²) in [5.74, 6) is 0. The average molecular weight is 297 g/mol. The van der Waals surface area contributed by atoms with Crippen molar-refractivity contribution in [3.63, 3.8) is 0 Å². The summed E-state index contributed by atoms with van der Waals surface area (Å²) in [7, 11) is 3.99. The van der Waals surface area contributed by atoms with E-state index in [-0.39, 0.29) is 0 Å². The van der Waals surface area contributed by atoms with Gasteiger partial charge in [0.1, 0.15) is 5.60 Å². The van der Waals surface area contributed by atoms with E-state index in [0.29, 0.717) is 6.54 Å². The van der Waals surface area contributed by atoms with Gasteiger partial charge in [0.25, 0.3) is 0 Å². The van der Waals surface area contributed by atoms with E-state index in [2.05, 4.69) is 52.0 Å². The Morgan fingerprint density at radius 3 is 1.50 bits per heavy atom. The molecule has 0 radical (unpaired) electrons. The molecular weight excluding hydrogens is 270 g/mol. The third-order valence-corrected chi connectivity index (χ3v) is 4.51. The number of nitrogens with zero attached hydrogens (tertiary/aromatic N) is 1. The minimum atomic E-state index is -1.000. The van der Waals surface area contributed by atoms with Crippen molar-refractivity contribution in [1.29, 1.82) is 0 Å². The highest BCUT2D eigenvalue weighted by atomic mass is 16.3. The van der Waals surface area contributed by atoms with Gasteiger partial charge in [-0.25, -0.2) is 0 Å². The molecule has 0 aliphatic carbocycles. The molecule has 0 aliphatic heterocycles. The van der Waals surface area contributed by atoms with Crippen molar-refractivity contribution in [2.24, 2.45) is 0 Å². The van der Waals surface area contributed by atoms with Crippen LogP contribution in [-0.2, 0) is 5.60 Å². The van der Waals surface area contributed by atoms with Crippen LogP contribution in [0.25, 0.3) is 0 Å². The van der Waals surface area contributed by atoms with E-state index in [1.807, 2.05) is 31.1 Å². The molecular formula is C20H27NO. The van der Waals surface area contributed by atoms with Gasteiger partial charge in [-0.15, -0.1) is 0 Å². The summed E-state index contributed by atoms with van der Waals surface area (Å²) in [6, 6.07) is 12.5. The maximum atomic E-state index is 11.5. The molecule has 2 rings (SSSR count). The summed E-state index contributed by atoms with van der Waals surface area (Å²) in [4.78, 5) is 2.03. The van der Waals surface area contributed by atoms with Crippen LogP contribution in [-0.4, -0.2) is 30.6 Å². The van der Waals surface area contributed by atoms with Gasteiger partial charge in [-0.1, -0.05) is 36.4 Å². The molecule has 22 heavy (non-hydrogen) atoms. The Morgan fingerprint density at radius 1 is 0.773 bits per heavy atom. The number of hydrogen-bond donors (Lipinski definition) is 1. The standard InChI is InChI=1S/C20H27NO/c1-14-7-9-18(11-16(14)3)20(22,13-21(5)6)19-10-8-15(2)17(4)12-19/h7-12,22H,13H2,1-6H3. The second kappa shape index (κ2) is 6.23. The molecule has 0 saturated heterocycles. The molecule has 2 aromatic carbocycles. The Bertz CT molecular complexity index is 622. The molecule has 0 amide bonds. The molecule has 118 valence electrons. The van der Waals surface area contributed by atoms with Crippen LogP contribution in [0.3, 0.4) is 0 Å². The van der Waals surface area contributed by atoms with Crippen molar-refractivity contribution in [2.75, 3.05) is 20.6 Å². The summed E-state index contributed by atoms with van der Waals surface area (Å²) in [5, 5.41) is 11.5. The van der Waals surface area contributed by atoms with Crippen molar-refractivity contribution in [3.8, 4) is 0 Å². The largest absolute Gasteiger partial charge is 0.379 e. The second-order valence-corrected chi connectivity index (χ2v) is 6.70. The van der Waals surface area contributed by atoms with Crippen LogP contribution in [0, 0.1) is 27.7 Å². The van der Waals surface area contributed by atoms with E-state index in [1.54, 1.807) is 0 Å². The van der Waals surface area contributed by atoms with Gasteiger partial charge in [0.2, 0.25) is 0 Å². The molecule has 0 bridgehead atoms. The number of benzene rings is 2. The Labute approximate surface area is 134 Å². The predicted molar refractivity (Wildman–Crippen MR) is 93.4 cm³/mol. The molecule has 0 aromatic heterocycles. The third kappa shape index (κ3) is 3.23. The molecule has 2 aromatic rings.